The SMILES string of the molecule is CCOc1ccc(-c2cc3c(cc2OCC)[C@H](OC(N)=O)C(C)(C)C3)cc1. The third kappa shape index (κ3) is 3.87. The van der Waals surface area contributed by atoms with Gasteiger partial charge in [-0.3, -0.25) is 0 Å². The molecule has 1 aliphatic rings. The Morgan fingerprint density at radius 1 is 1.11 bits per heavy atom. The molecule has 0 aliphatic heterocycles. The predicted molar refractivity (Wildman–Crippen MR) is 105 cm³/mol. The average molecular weight is 369 g/mol. The van der Waals surface area contributed by atoms with Crippen LogP contribution in [0.15, 0.2) is 36.4 Å². The first kappa shape index (κ1) is 19.1. The zero-order valence-corrected chi connectivity index (χ0v) is 16.4. The summed E-state index contributed by atoms with van der Waals surface area (Å²) in [5, 5.41) is 0. The van der Waals surface area contributed by atoms with E-state index in [9.17, 15) is 4.79 Å². The second-order valence-corrected chi connectivity index (χ2v) is 7.42. The molecule has 1 amide bonds. The molecule has 3 rings (SSSR count). The monoisotopic (exact) mass is 369 g/mol. The lowest BCUT2D eigenvalue weighted by Crippen LogP contribution is -2.25. The van der Waals surface area contributed by atoms with Gasteiger partial charge in [0.15, 0.2) is 0 Å². The summed E-state index contributed by atoms with van der Waals surface area (Å²) in [6.07, 6.45) is -0.329. The van der Waals surface area contributed by atoms with Crippen molar-refractivity contribution in [2.75, 3.05) is 13.2 Å². The van der Waals surface area contributed by atoms with E-state index in [1.54, 1.807) is 0 Å². The minimum absolute atomic E-state index is 0.224. The maximum absolute atomic E-state index is 11.4. The summed E-state index contributed by atoms with van der Waals surface area (Å²) in [7, 11) is 0. The lowest BCUT2D eigenvalue weighted by atomic mass is 9.87. The number of primary amides is 1. The number of rotatable bonds is 6. The van der Waals surface area contributed by atoms with Gasteiger partial charge in [0.05, 0.1) is 13.2 Å². The summed E-state index contributed by atoms with van der Waals surface area (Å²) >= 11 is 0. The quantitative estimate of drug-likeness (QED) is 0.788. The molecule has 2 N–H and O–H groups in total. The van der Waals surface area contributed by atoms with Crippen molar-refractivity contribution in [1.82, 2.24) is 0 Å². The van der Waals surface area contributed by atoms with E-state index in [1.165, 1.54) is 0 Å². The molecular weight excluding hydrogens is 342 g/mol. The van der Waals surface area contributed by atoms with E-state index in [-0.39, 0.29) is 11.5 Å². The van der Waals surface area contributed by atoms with Crippen molar-refractivity contribution >= 4 is 6.09 Å². The van der Waals surface area contributed by atoms with Crippen molar-refractivity contribution < 1.29 is 19.0 Å². The van der Waals surface area contributed by atoms with E-state index in [2.05, 4.69) is 19.9 Å². The summed E-state index contributed by atoms with van der Waals surface area (Å²) in [6.45, 7) is 9.27. The van der Waals surface area contributed by atoms with Crippen LogP contribution in [0.2, 0.25) is 0 Å². The zero-order chi connectivity index (χ0) is 19.6. The van der Waals surface area contributed by atoms with Crippen LogP contribution in [-0.2, 0) is 11.2 Å². The van der Waals surface area contributed by atoms with Crippen LogP contribution in [0.4, 0.5) is 4.79 Å². The second-order valence-electron chi connectivity index (χ2n) is 7.42. The standard InChI is InChI=1S/C22H27NO4/c1-5-25-16-9-7-14(8-10-16)17-11-15-13-22(3,4)20(27-21(23)24)18(15)12-19(17)26-6-2/h7-12,20H,5-6,13H2,1-4H3,(H2,23,24)/t20-/m0/s1. The lowest BCUT2D eigenvalue weighted by Gasteiger charge is -2.26. The molecule has 0 radical (unpaired) electrons. The third-order valence-electron chi connectivity index (χ3n) is 4.89. The van der Waals surface area contributed by atoms with Gasteiger partial charge < -0.3 is 19.9 Å². The van der Waals surface area contributed by atoms with E-state index in [4.69, 9.17) is 19.9 Å². The minimum Gasteiger partial charge on any atom is -0.494 e. The van der Waals surface area contributed by atoms with Gasteiger partial charge in [-0.1, -0.05) is 26.0 Å². The Hall–Kier alpha value is -2.69. The first-order valence-electron chi connectivity index (χ1n) is 9.34. The Bertz CT molecular complexity index is 827. The molecule has 0 aromatic heterocycles. The van der Waals surface area contributed by atoms with Crippen LogP contribution in [0.5, 0.6) is 11.5 Å². The van der Waals surface area contributed by atoms with E-state index in [1.807, 2.05) is 44.2 Å². The Morgan fingerprint density at radius 2 is 1.78 bits per heavy atom. The molecule has 27 heavy (non-hydrogen) atoms. The Labute approximate surface area is 160 Å². The highest BCUT2D eigenvalue weighted by Crippen LogP contribution is 2.50. The second kappa shape index (κ2) is 7.51. The number of amides is 1. The van der Waals surface area contributed by atoms with Crippen molar-refractivity contribution in [1.29, 1.82) is 0 Å². The Morgan fingerprint density at radius 3 is 2.37 bits per heavy atom. The highest BCUT2D eigenvalue weighted by atomic mass is 16.6. The molecule has 0 spiro atoms. The fourth-order valence-electron chi connectivity index (χ4n) is 3.78. The number of hydrogen-bond donors (Lipinski definition) is 1. The number of ether oxygens (including phenoxy) is 3. The molecule has 0 saturated carbocycles. The van der Waals surface area contributed by atoms with Crippen molar-refractivity contribution in [3.05, 3.63) is 47.5 Å². The van der Waals surface area contributed by atoms with Gasteiger partial charge in [0.1, 0.15) is 17.6 Å². The summed E-state index contributed by atoms with van der Waals surface area (Å²) in [5.74, 6) is 1.62. The molecule has 1 atom stereocenters. The van der Waals surface area contributed by atoms with Crippen LogP contribution >= 0.6 is 0 Å². The fourth-order valence-corrected chi connectivity index (χ4v) is 3.78. The van der Waals surface area contributed by atoms with Crippen LogP contribution in [0.25, 0.3) is 11.1 Å². The maximum atomic E-state index is 11.4. The van der Waals surface area contributed by atoms with Crippen molar-refractivity contribution in [3.8, 4) is 22.6 Å². The van der Waals surface area contributed by atoms with Gasteiger partial charge in [-0.05, 0) is 61.2 Å². The molecule has 0 heterocycles. The van der Waals surface area contributed by atoms with E-state index in [0.717, 1.165) is 40.2 Å². The van der Waals surface area contributed by atoms with Crippen molar-refractivity contribution in [2.45, 2.75) is 40.2 Å². The molecule has 0 fully saturated rings. The molecule has 5 heteroatoms. The molecule has 2 aromatic rings. The summed E-state index contributed by atoms with van der Waals surface area (Å²) in [6, 6.07) is 12.1. The number of benzene rings is 2. The molecule has 5 nitrogen and oxygen atoms in total. The van der Waals surface area contributed by atoms with Gasteiger partial charge >= 0.3 is 6.09 Å². The minimum atomic E-state index is -0.755. The summed E-state index contributed by atoms with van der Waals surface area (Å²) in [5.41, 5.74) is 9.28. The van der Waals surface area contributed by atoms with Gasteiger partial charge in [-0.25, -0.2) is 4.79 Å². The zero-order valence-electron chi connectivity index (χ0n) is 16.4. The fraction of sp³-hybridized carbons (Fsp3) is 0.409. The molecule has 1 aliphatic carbocycles. The van der Waals surface area contributed by atoms with E-state index in [0.29, 0.717) is 13.2 Å². The number of carbonyl (C=O) groups excluding carboxylic acids is 1. The van der Waals surface area contributed by atoms with Gasteiger partial charge in [0.2, 0.25) is 0 Å². The topological polar surface area (TPSA) is 70.8 Å². The maximum Gasteiger partial charge on any atom is 0.405 e. The van der Waals surface area contributed by atoms with Crippen LogP contribution in [0.3, 0.4) is 0 Å². The molecular formula is C22H27NO4. The molecule has 144 valence electrons. The number of nitrogens with two attached hydrogens (primary N) is 1. The van der Waals surface area contributed by atoms with Crippen molar-refractivity contribution in [3.63, 3.8) is 0 Å². The average Bonchev–Trinajstić information content (AvgIpc) is 2.85. The van der Waals surface area contributed by atoms with Gasteiger partial charge in [0, 0.05) is 11.0 Å². The van der Waals surface area contributed by atoms with Gasteiger partial charge in [0.25, 0.3) is 0 Å². The van der Waals surface area contributed by atoms with Gasteiger partial charge in [-0.15, -0.1) is 0 Å². The molecule has 2 aromatic carbocycles. The van der Waals surface area contributed by atoms with Crippen LogP contribution < -0.4 is 15.2 Å². The summed E-state index contributed by atoms with van der Waals surface area (Å²) in [4.78, 5) is 11.4. The normalized spacial score (nSPS) is 17.3. The van der Waals surface area contributed by atoms with Crippen LogP contribution in [0, 0.1) is 5.41 Å². The molecule has 0 bridgehead atoms. The third-order valence-corrected chi connectivity index (χ3v) is 4.89. The lowest BCUT2D eigenvalue weighted by molar-refractivity contribution is 0.0391. The van der Waals surface area contributed by atoms with E-state index < -0.39 is 6.09 Å². The van der Waals surface area contributed by atoms with Crippen molar-refractivity contribution in [2.24, 2.45) is 11.1 Å². The highest BCUT2D eigenvalue weighted by Gasteiger charge is 2.42. The molecule has 0 unspecified atom stereocenters. The largest absolute Gasteiger partial charge is 0.494 e. The van der Waals surface area contributed by atoms with Crippen LogP contribution in [0.1, 0.15) is 44.9 Å². The Kier molecular flexibility index (Phi) is 5.31. The number of fused-ring (bicyclic) bond motifs is 1. The Balaban J connectivity index is 2.05. The number of carbonyl (C=O) groups is 1. The first-order valence-corrected chi connectivity index (χ1v) is 9.34. The van der Waals surface area contributed by atoms with E-state index >= 15 is 0 Å². The van der Waals surface area contributed by atoms with Crippen LogP contribution in [-0.4, -0.2) is 19.3 Å². The highest BCUT2D eigenvalue weighted by molar-refractivity contribution is 5.74. The first-order chi connectivity index (χ1) is 12.9. The smallest absolute Gasteiger partial charge is 0.405 e. The predicted octanol–water partition coefficient (Wildman–Crippen LogP) is 4.87. The van der Waals surface area contributed by atoms with Gasteiger partial charge in [-0.2, -0.15) is 0 Å². The molecule has 0 saturated heterocycles. The number of hydrogen-bond acceptors (Lipinski definition) is 4. The summed E-state index contributed by atoms with van der Waals surface area (Å²) < 4.78 is 16.9.